The maximum atomic E-state index is 11.8. The average molecular weight is 367 g/mol. The molecular weight excluding hydrogens is 346 g/mol. The van der Waals surface area contributed by atoms with Crippen LogP contribution in [0.5, 0.6) is 0 Å². The lowest BCUT2D eigenvalue weighted by Gasteiger charge is -2.23. The Hall–Kier alpha value is -3.10. The van der Waals surface area contributed by atoms with E-state index in [2.05, 4.69) is 9.47 Å². The first-order valence-corrected chi connectivity index (χ1v) is 7.74. The Morgan fingerprint density at radius 2 is 1.54 bits per heavy atom. The molecule has 0 aromatic rings. The molecule has 0 bridgehead atoms. The van der Waals surface area contributed by atoms with Crippen LogP contribution in [0.15, 0.2) is 36.6 Å². The van der Waals surface area contributed by atoms with E-state index in [4.69, 9.17) is 9.47 Å². The molecule has 0 aromatic carbocycles. The number of ether oxygens (including phenoxy) is 4. The highest BCUT2D eigenvalue weighted by Gasteiger charge is 2.19. The molecule has 0 saturated heterocycles. The van der Waals surface area contributed by atoms with Crippen LogP contribution in [0, 0.1) is 0 Å². The lowest BCUT2D eigenvalue weighted by Crippen LogP contribution is -2.35. The van der Waals surface area contributed by atoms with Crippen LogP contribution >= 0.6 is 0 Å². The zero-order valence-corrected chi connectivity index (χ0v) is 14.6. The predicted octanol–water partition coefficient (Wildman–Crippen LogP) is 0.119. The van der Waals surface area contributed by atoms with E-state index < -0.39 is 30.0 Å². The predicted molar refractivity (Wildman–Crippen MR) is 88.5 cm³/mol. The molecule has 0 aromatic heterocycles. The number of carbonyl (C=O) groups excluding carboxylic acids is 4. The number of hydrogen-bond acceptors (Lipinski definition) is 9. The molecule has 0 aliphatic carbocycles. The van der Waals surface area contributed by atoms with Crippen molar-refractivity contribution in [2.45, 2.75) is 12.5 Å². The smallest absolute Gasteiger partial charge is 0.331 e. The van der Waals surface area contributed by atoms with Crippen molar-refractivity contribution in [3.05, 3.63) is 36.6 Å². The van der Waals surface area contributed by atoms with Gasteiger partial charge in [0.2, 0.25) is 0 Å². The van der Waals surface area contributed by atoms with Gasteiger partial charge in [0.1, 0.15) is 6.61 Å². The molecule has 1 rings (SSSR count). The van der Waals surface area contributed by atoms with Crippen molar-refractivity contribution in [1.82, 2.24) is 4.90 Å². The molecule has 9 heteroatoms. The number of rotatable bonds is 9. The van der Waals surface area contributed by atoms with Crippen LogP contribution < -0.4 is 0 Å². The summed E-state index contributed by atoms with van der Waals surface area (Å²) in [6, 6.07) is 0. The average Bonchev–Trinajstić information content (AvgIpc) is 3.14. The lowest BCUT2D eigenvalue weighted by atomic mass is 10.3. The van der Waals surface area contributed by atoms with Gasteiger partial charge < -0.3 is 23.8 Å². The highest BCUT2D eigenvalue weighted by Crippen LogP contribution is 2.08. The van der Waals surface area contributed by atoms with Crippen molar-refractivity contribution in [2.75, 3.05) is 33.9 Å². The first-order valence-electron chi connectivity index (χ1n) is 7.74. The number of carbonyl (C=O) groups is 4. The monoisotopic (exact) mass is 367 g/mol. The summed E-state index contributed by atoms with van der Waals surface area (Å²) < 4.78 is 18.9. The van der Waals surface area contributed by atoms with Crippen molar-refractivity contribution in [3.63, 3.8) is 0 Å². The molecule has 1 aliphatic heterocycles. The van der Waals surface area contributed by atoms with Gasteiger partial charge in [0.05, 0.1) is 20.8 Å². The van der Waals surface area contributed by atoms with E-state index in [9.17, 15) is 19.2 Å². The van der Waals surface area contributed by atoms with Crippen molar-refractivity contribution >= 4 is 23.9 Å². The van der Waals surface area contributed by atoms with E-state index in [1.54, 1.807) is 0 Å². The van der Waals surface area contributed by atoms with Gasteiger partial charge in [-0.15, -0.1) is 0 Å². The minimum Gasteiger partial charge on any atom is -0.466 e. The van der Waals surface area contributed by atoms with E-state index in [1.807, 2.05) is 17.2 Å². The van der Waals surface area contributed by atoms with Crippen molar-refractivity contribution in [1.29, 1.82) is 0 Å². The molecule has 26 heavy (non-hydrogen) atoms. The second-order valence-electron chi connectivity index (χ2n) is 5.07. The Balaban J connectivity index is 2.59. The summed E-state index contributed by atoms with van der Waals surface area (Å²) in [6.07, 6.45) is 7.61. The Bertz CT molecular complexity index is 608. The van der Waals surface area contributed by atoms with Crippen LogP contribution in [0.4, 0.5) is 0 Å². The lowest BCUT2D eigenvalue weighted by molar-refractivity contribution is -0.153. The molecule has 0 amide bonds. The molecule has 0 spiro atoms. The summed E-state index contributed by atoms with van der Waals surface area (Å²) in [6.45, 7) is 0.844. The molecule has 0 N–H and O–H groups in total. The third kappa shape index (κ3) is 8.67. The third-order valence-electron chi connectivity index (χ3n) is 3.15. The molecular formula is C17H21NO8. The minimum atomic E-state index is -0.779. The third-order valence-corrected chi connectivity index (χ3v) is 3.15. The van der Waals surface area contributed by atoms with E-state index in [0.29, 0.717) is 6.54 Å². The van der Waals surface area contributed by atoms with Gasteiger partial charge >= 0.3 is 23.9 Å². The SMILES string of the molecule is COC(=O)/C=C/C(=O)OCC(CN1C=CCC1)OC(=O)/C=C/C(=O)OC. The standard InChI is InChI=1S/C17H21NO8/c1-23-14(19)5-7-16(21)25-12-13(11-18-9-3-4-10-18)26-17(22)8-6-15(20)24-2/h3,5-9,13H,4,10-12H2,1-2H3/b7-5+,8-6+. The maximum absolute atomic E-state index is 11.8. The molecule has 142 valence electrons. The van der Waals surface area contributed by atoms with Crippen LogP contribution in [0.3, 0.4) is 0 Å². The summed E-state index contributed by atoms with van der Waals surface area (Å²) in [7, 11) is 2.36. The van der Waals surface area contributed by atoms with Crippen molar-refractivity contribution in [3.8, 4) is 0 Å². The first kappa shape index (κ1) is 20.9. The van der Waals surface area contributed by atoms with Crippen molar-refractivity contribution in [2.24, 2.45) is 0 Å². The zero-order valence-electron chi connectivity index (χ0n) is 14.6. The van der Waals surface area contributed by atoms with Gasteiger partial charge in [0.25, 0.3) is 0 Å². The van der Waals surface area contributed by atoms with Crippen LogP contribution in [0.2, 0.25) is 0 Å². The molecule has 1 unspecified atom stereocenters. The highest BCUT2D eigenvalue weighted by atomic mass is 16.6. The van der Waals surface area contributed by atoms with Crippen LogP contribution in [-0.2, 0) is 38.1 Å². The van der Waals surface area contributed by atoms with Gasteiger partial charge in [-0.2, -0.15) is 0 Å². The second kappa shape index (κ2) is 11.5. The Kier molecular flexibility index (Phi) is 9.23. The van der Waals surface area contributed by atoms with E-state index in [-0.39, 0.29) is 6.61 Å². The Morgan fingerprint density at radius 1 is 0.962 bits per heavy atom. The Morgan fingerprint density at radius 3 is 2.08 bits per heavy atom. The van der Waals surface area contributed by atoms with Crippen LogP contribution in [-0.4, -0.2) is 68.8 Å². The summed E-state index contributed by atoms with van der Waals surface area (Å²) in [5, 5.41) is 0. The van der Waals surface area contributed by atoms with E-state index >= 15 is 0 Å². The largest absolute Gasteiger partial charge is 0.466 e. The quantitative estimate of drug-likeness (QED) is 0.319. The van der Waals surface area contributed by atoms with Crippen LogP contribution in [0.1, 0.15) is 6.42 Å². The molecule has 1 atom stereocenters. The summed E-state index contributed by atoms with van der Waals surface area (Å²) >= 11 is 0. The van der Waals surface area contributed by atoms with Crippen molar-refractivity contribution < 1.29 is 38.1 Å². The molecule has 0 fully saturated rings. The molecule has 9 nitrogen and oxygen atoms in total. The fourth-order valence-electron chi connectivity index (χ4n) is 1.91. The Labute approximate surface area is 150 Å². The fourth-order valence-corrected chi connectivity index (χ4v) is 1.91. The maximum Gasteiger partial charge on any atom is 0.331 e. The van der Waals surface area contributed by atoms with Gasteiger partial charge in [0, 0.05) is 30.8 Å². The van der Waals surface area contributed by atoms with E-state index in [0.717, 1.165) is 37.3 Å². The van der Waals surface area contributed by atoms with Gasteiger partial charge in [-0.1, -0.05) is 6.08 Å². The molecule has 1 heterocycles. The second-order valence-corrected chi connectivity index (χ2v) is 5.07. The summed E-state index contributed by atoms with van der Waals surface area (Å²) in [4.78, 5) is 47.2. The minimum absolute atomic E-state index is 0.216. The molecule has 0 radical (unpaired) electrons. The topological polar surface area (TPSA) is 108 Å². The number of methoxy groups -OCH3 is 2. The zero-order chi connectivity index (χ0) is 19.4. The summed E-state index contributed by atoms with van der Waals surface area (Å²) in [5.74, 6) is -2.94. The molecule has 0 saturated carbocycles. The number of hydrogen-bond donors (Lipinski definition) is 0. The number of esters is 4. The van der Waals surface area contributed by atoms with Gasteiger partial charge in [0.15, 0.2) is 6.10 Å². The molecule has 1 aliphatic rings. The fraction of sp³-hybridized carbons (Fsp3) is 0.412. The van der Waals surface area contributed by atoms with Gasteiger partial charge in [-0.25, -0.2) is 19.2 Å². The summed E-state index contributed by atoms with van der Waals surface area (Å²) in [5.41, 5.74) is 0. The normalized spacial score (nSPS) is 14.5. The van der Waals surface area contributed by atoms with E-state index in [1.165, 1.54) is 14.2 Å². The van der Waals surface area contributed by atoms with Gasteiger partial charge in [-0.05, 0) is 12.6 Å². The van der Waals surface area contributed by atoms with Crippen LogP contribution in [0.25, 0.3) is 0 Å². The first-order chi connectivity index (χ1) is 12.4. The number of nitrogens with zero attached hydrogens (tertiary/aromatic N) is 1. The highest BCUT2D eigenvalue weighted by molar-refractivity contribution is 5.92. The van der Waals surface area contributed by atoms with Gasteiger partial charge in [-0.3, -0.25) is 0 Å².